The molecule has 4 aliphatic carbocycles. The number of hydrogen-bond donors (Lipinski definition) is 2. The second kappa shape index (κ2) is 5.64. The Morgan fingerprint density at radius 2 is 1.92 bits per heavy atom. The highest BCUT2D eigenvalue weighted by atomic mass is 16.3. The van der Waals surface area contributed by atoms with Crippen LogP contribution in [0.5, 0.6) is 0 Å². The highest BCUT2D eigenvalue weighted by Gasteiger charge is 2.69. The first-order chi connectivity index (χ1) is 12.0. The molecule has 0 unspecified atom stereocenters. The SMILES string of the molecule is CC(=O)[C@H]1CC[C@H]2[C@@H]3C[C@H](C)[C@@]4(O)CC(=O)CC[C@]4(C)[C@H]3[C@@H](O)C[C@]12C. The highest BCUT2D eigenvalue weighted by Crippen LogP contribution is 2.69. The van der Waals surface area contributed by atoms with Crippen LogP contribution in [0.25, 0.3) is 0 Å². The first-order valence-electron chi connectivity index (χ1n) is 10.5. The van der Waals surface area contributed by atoms with Gasteiger partial charge in [-0.15, -0.1) is 0 Å². The average molecular weight is 363 g/mol. The second-order valence-electron chi connectivity index (χ2n) is 10.5. The lowest BCUT2D eigenvalue weighted by atomic mass is 9.40. The van der Waals surface area contributed by atoms with Gasteiger partial charge in [0.05, 0.1) is 11.7 Å². The molecule has 0 saturated heterocycles. The van der Waals surface area contributed by atoms with Crippen molar-refractivity contribution < 1.29 is 19.8 Å². The van der Waals surface area contributed by atoms with Crippen molar-refractivity contribution in [2.45, 2.75) is 84.3 Å². The molecule has 146 valence electrons. The fourth-order valence-electron chi connectivity index (χ4n) is 8.25. The molecule has 4 rings (SSSR count). The molecule has 0 aromatic carbocycles. The van der Waals surface area contributed by atoms with Crippen LogP contribution < -0.4 is 0 Å². The molecule has 0 spiro atoms. The Morgan fingerprint density at radius 3 is 2.58 bits per heavy atom. The summed E-state index contributed by atoms with van der Waals surface area (Å²) < 4.78 is 0. The Bertz CT molecular complexity index is 644. The quantitative estimate of drug-likeness (QED) is 0.751. The number of Topliss-reactive ketones (excluding diaryl/α,β-unsaturated/α-hetero) is 2. The van der Waals surface area contributed by atoms with Crippen LogP contribution in [0.1, 0.15) is 72.6 Å². The third kappa shape index (κ3) is 2.15. The maximum Gasteiger partial charge on any atom is 0.135 e. The van der Waals surface area contributed by atoms with Gasteiger partial charge in [-0.05, 0) is 68.1 Å². The minimum Gasteiger partial charge on any atom is -0.393 e. The number of ketones is 2. The summed E-state index contributed by atoms with van der Waals surface area (Å²) in [5.41, 5.74) is -1.54. The van der Waals surface area contributed by atoms with Crippen molar-refractivity contribution in [2.24, 2.45) is 40.4 Å². The van der Waals surface area contributed by atoms with Gasteiger partial charge in [0.1, 0.15) is 11.6 Å². The van der Waals surface area contributed by atoms with Crippen LogP contribution in [-0.2, 0) is 9.59 Å². The van der Waals surface area contributed by atoms with E-state index in [2.05, 4.69) is 20.8 Å². The van der Waals surface area contributed by atoms with Gasteiger partial charge >= 0.3 is 0 Å². The number of aliphatic hydroxyl groups is 2. The molecule has 26 heavy (non-hydrogen) atoms. The monoisotopic (exact) mass is 362 g/mol. The molecule has 0 aliphatic heterocycles. The van der Waals surface area contributed by atoms with E-state index in [0.717, 1.165) is 19.3 Å². The summed E-state index contributed by atoms with van der Waals surface area (Å²) in [4.78, 5) is 24.4. The van der Waals surface area contributed by atoms with Crippen molar-refractivity contribution in [2.75, 3.05) is 0 Å². The molecule has 9 atom stereocenters. The first kappa shape index (κ1) is 18.6. The smallest absolute Gasteiger partial charge is 0.135 e. The Morgan fingerprint density at radius 1 is 1.23 bits per heavy atom. The molecular formula is C22H34O4. The van der Waals surface area contributed by atoms with E-state index in [9.17, 15) is 19.8 Å². The zero-order valence-corrected chi connectivity index (χ0v) is 16.6. The molecule has 4 fully saturated rings. The Balaban J connectivity index is 1.76. The van der Waals surface area contributed by atoms with Gasteiger partial charge < -0.3 is 10.2 Å². The van der Waals surface area contributed by atoms with E-state index in [1.165, 1.54) is 0 Å². The zero-order chi connectivity index (χ0) is 19.1. The van der Waals surface area contributed by atoms with Crippen molar-refractivity contribution in [3.8, 4) is 0 Å². The van der Waals surface area contributed by atoms with E-state index in [1.54, 1.807) is 6.92 Å². The van der Waals surface area contributed by atoms with Crippen molar-refractivity contribution in [3.05, 3.63) is 0 Å². The Labute approximate surface area is 156 Å². The average Bonchev–Trinajstić information content (AvgIpc) is 2.87. The molecule has 4 saturated carbocycles. The van der Waals surface area contributed by atoms with E-state index in [1.807, 2.05) is 0 Å². The summed E-state index contributed by atoms with van der Waals surface area (Å²) in [7, 11) is 0. The van der Waals surface area contributed by atoms with Crippen molar-refractivity contribution in [1.29, 1.82) is 0 Å². The first-order valence-corrected chi connectivity index (χ1v) is 10.5. The second-order valence-corrected chi connectivity index (χ2v) is 10.5. The predicted molar refractivity (Wildman–Crippen MR) is 98.3 cm³/mol. The van der Waals surface area contributed by atoms with Gasteiger partial charge in [0.25, 0.3) is 0 Å². The van der Waals surface area contributed by atoms with Crippen LogP contribution in [0, 0.1) is 40.4 Å². The zero-order valence-electron chi connectivity index (χ0n) is 16.6. The van der Waals surface area contributed by atoms with Crippen molar-refractivity contribution in [3.63, 3.8) is 0 Å². The van der Waals surface area contributed by atoms with Gasteiger partial charge in [-0.2, -0.15) is 0 Å². The normalized spacial score (nSPS) is 56.5. The summed E-state index contributed by atoms with van der Waals surface area (Å²) in [6, 6.07) is 0. The summed E-state index contributed by atoms with van der Waals surface area (Å²) in [5.74, 6) is 1.32. The predicted octanol–water partition coefficient (Wildman–Crippen LogP) is 3.14. The van der Waals surface area contributed by atoms with Gasteiger partial charge in [-0.3, -0.25) is 9.59 Å². The molecule has 0 heterocycles. The molecular weight excluding hydrogens is 328 g/mol. The molecule has 0 aromatic rings. The number of fused-ring (bicyclic) bond motifs is 5. The van der Waals surface area contributed by atoms with Gasteiger partial charge in [0.2, 0.25) is 0 Å². The number of hydrogen-bond acceptors (Lipinski definition) is 4. The third-order valence-electron chi connectivity index (χ3n) is 9.50. The van der Waals surface area contributed by atoms with Crippen LogP contribution in [0.3, 0.4) is 0 Å². The van der Waals surface area contributed by atoms with E-state index in [4.69, 9.17) is 0 Å². The minimum atomic E-state index is -1.00. The fourth-order valence-corrected chi connectivity index (χ4v) is 8.25. The van der Waals surface area contributed by atoms with E-state index >= 15 is 0 Å². The van der Waals surface area contributed by atoms with Crippen LogP contribution in [0.2, 0.25) is 0 Å². The lowest BCUT2D eigenvalue weighted by molar-refractivity contribution is -0.250. The summed E-state index contributed by atoms with van der Waals surface area (Å²) >= 11 is 0. The number of aliphatic hydroxyl groups excluding tert-OH is 1. The Kier molecular flexibility index (Phi) is 4.03. The third-order valence-corrected chi connectivity index (χ3v) is 9.50. The summed E-state index contributed by atoms with van der Waals surface area (Å²) in [5, 5.41) is 22.9. The number of carbonyl (C=O) groups excluding carboxylic acids is 2. The van der Waals surface area contributed by atoms with Crippen LogP contribution >= 0.6 is 0 Å². The largest absolute Gasteiger partial charge is 0.393 e. The highest BCUT2D eigenvalue weighted by molar-refractivity contribution is 5.81. The van der Waals surface area contributed by atoms with Crippen molar-refractivity contribution >= 4 is 11.6 Å². The Hall–Kier alpha value is -0.740. The van der Waals surface area contributed by atoms with Gasteiger partial charge in [-0.1, -0.05) is 20.8 Å². The molecule has 0 amide bonds. The molecule has 2 N–H and O–H groups in total. The van der Waals surface area contributed by atoms with E-state index in [-0.39, 0.29) is 41.2 Å². The fraction of sp³-hybridized carbons (Fsp3) is 0.909. The van der Waals surface area contributed by atoms with E-state index < -0.39 is 17.1 Å². The van der Waals surface area contributed by atoms with Gasteiger partial charge in [0.15, 0.2) is 0 Å². The molecule has 0 bridgehead atoms. The van der Waals surface area contributed by atoms with Crippen molar-refractivity contribution in [1.82, 2.24) is 0 Å². The maximum absolute atomic E-state index is 12.3. The molecule has 0 radical (unpaired) electrons. The molecule has 4 heteroatoms. The standard InChI is InChI=1S/C22H34O4/c1-12-9-15-17-6-5-16(13(2)23)20(17,3)11-18(25)19(15)21(4)8-7-14(24)10-22(12,21)26/h12,15-19,25-26H,5-11H2,1-4H3/t12-,15-,16+,17-,18-,19+,20+,21+,22-/m0/s1. The summed E-state index contributed by atoms with van der Waals surface area (Å²) in [6.07, 6.45) is 4.40. The lowest BCUT2D eigenvalue weighted by Gasteiger charge is -2.66. The van der Waals surface area contributed by atoms with Gasteiger partial charge in [-0.25, -0.2) is 0 Å². The molecule has 0 aromatic heterocycles. The molecule has 4 aliphatic rings. The van der Waals surface area contributed by atoms with Crippen LogP contribution in [0.15, 0.2) is 0 Å². The van der Waals surface area contributed by atoms with Crippen LogP contribution in [0.4, 0.5) is 0 Å². The van der Waals surface area contributed by atoms with Gasteiger partial charge in [0, 0.05) is 24.2 Å². The van der Waals surface area contributed by atoms with E-state index in [0.29, 0.717) is 31.1 Å². The summed E-state index contributed by atoms with van der Waals surface area (Å²) in [6.45, 7) is 8.13. The minimum absolute atomic E-state index is 0.0283. The van der Waals surface area contributed by atoms with Crippen LogP contribution in [-0.4, -0.2) is 33.5 Å². The topological polar surface area (TPSA) is 74.6 Å². The lowest BCUT2D eigenvalue weighted by Crippen LogP contribution is -2.68. The maximum atomic E-state index is 12.3. The number of carbonyl (C=O) groups is 2. The number of rotatable bonds is 1. The molecule has 4 nitrogen and oxygen atoms in total.